The summed E-state index contributed by atoms with van der Waals surface area (Å²) in [5.74, 6) is -1.01. The smallest absolute Gasteiger partial charge is 0.326 e. The van der Waals surface area contributed by atoms with Crippen molar-refractivity contribution in [2.24, 2.45) is 0 Å². The molecule has 0 aliphatic rings. The lowest BCUT2D eigenvalue weighted by Gasteiger charge is -2.12. The van der Waals surface area contributed by atoms with Crippen molar-refractivity contribution in [2.75, 3.05) is 0 Å². The average Bonchev–Trinajstić information content (AvgIpc) is 2.59. The summed E-state index contributed by atoms with van der Waals surface area (Å²) in [7, 11) is 0. The Bertz CT molecular complexity index is 672. The van der Waals surface area contributed by atoms with Crippen LogP contribution in [0.1, 0.15) is 29.8 Å². The van der Waals surface area contributed by atoms with Gasteiger partial charge in [0.05, 0.1) is 11.7 Å². The van der Waals surface area contributed by atoms with Crippen LogP contribution in [0.3, 0.4) is 0 Å². The number of hydrogen-bond donors (Lipinski definition) is 1. The molecule has 0 aliphatic carbocycles. The second-order valence-electron chi connectivity index (χ2n) is 4.18. The first-order valence-corrected chi connectivity index (χ1v) is 6.48. The first-order chi connectivity index (χ1) is 8.47. The third kappa shape index (κ3) is 1.82. The topological polar surface area (TPSA) is 72.2 Å². The summed E-state index contributed by atoms with van der Waals surface area (Å²) in [6.45, 7) is 5.53. The SMILES string of the molecule is CCC(C(=O)O)n1cnc2sc(C)c(C)c2c1=O. The molecule has 18 heavy (non-hydrogen) atoms. The number of thiophene rings is 1. The van der Waals surface area contributed by atoms with E-state index in [0.717, 1.165) is 10.4 Å². The van der Waals surface area contributed by atoms with Gasteiger partial charge in [0, 0.05) is 4.88 Å². The van der Waals surface area contributed by atoms with E-state index in [1.54, 1.807) is 6.92 Å². The molecule has 0 spiro atoms. The summed E-state index contributed by atoms with van der Waals surface area (Å²) < 4.78 is 1.21. The number of aryl methyl sites for hydroxylation is 2. The van der Waals surface area contributed by atoms with Crippen molar-refractivity contribution in [1.82, 2.24) is 9.55 Å². The molecule has 0 amide bonds. The van der Waals surface area contributed by atoms with Crippen molar-refractivity contribution in [3.05, 3.63) is 27.1 Å². The zero-order chi connectivity index (χ0) is 13.4. The molecule has 6 heteroatoms. The zero-order valence-electron chi connectivity index (χ0n) is 10.4. The molecule has 1 atom stereocenters. The third-order valence-corrected chi connectivity index (χ3v) is 4.24. The maximum absolute atomic E-state index is 12.3. The van der Waals surface area contributed by atoms with Gasteiger partial charge in [-0.05, 0) is 25.8 Å². The van der Waals surface area contributed by atoms with Crippen LogP contribution in [-0.2, 0) is 4.79 Å². The Kier molecular flexibility index (Phi) is 3.21. The van der Waals surface area contributed by atoms with Crippen LogP contribution in [0.2, 0.25) is 0 Å². The van der Waals surface area contributed by atoms with Gasteiger partial charge in [-0.2, -0.15) is 0 Å². The summed E-state index contributed by atoms with van der Waals surface area (Å²) in [5, 5.41) is 9.65. The number of carboxylic acid groups (broad SMARTS) is 1. The average molecular weight is 266 g/mol. The monoisotopic (exact) mass is 266 g/mol. The lowest BCUT2D eigenvalue weighted by molar-refractivity contribution is -0.141. The number of aromatic nitrogens is 2. The van der Waals surface area contributed by atoms with Crippen molar-refractivity contribution in [1.29, 1.82) is 0 Å². The van der Waals surface area contributed by atoms with Gasteiger partial charge in [0.2, 0.25) is 0 Å². The Morgan fingerprint density at radius 2 is 2.22 bits per heavy atom. The highest BCUT2D eigenvalue weighted by Gasteiger charge is 2.21. The molecule has 96 valence electrons. The molecule has 2 aromatic rings. The van der Waals surface area contributed by atoms with E-state index in [9.17, 15) is 9.59 Å². The van der Waals surface area contributed by atoms with Gasteiger partial charge in [-0.1, -0.05) is 6.92 Å². The molecular formula is C12H14N2O3S. The largest absolute Gasteiger partial charge is 0.480 e. The van der Waals surface area contributed by atoms with E-state index >= 15 is 0 Å². The quantitative estimate of drug-likeness (QED) is 0.923. The minimum Gasteiger partial charge on any atom is -0.480 e. The molecular weight excluding hydrogens is 252 g/mol. The molecule has 0 aromatic carbocycles. The van der Waals surface area contributed by atoms with Gasteiger partial charge in [-0.15, -0.1) is 11.3 Å². The van der Waals surface area contributed by atoms with E-state index in [2.05, 4.69) is 4.98 Å². The Morgan fingerprint density at radius 1 is 1.56 bits per heavy atom. The van der Waals surface area contributed by atoms with Crippen molar-refractivity contribution >= 4 is 27.5 Å². The van der Waals surface area contributed by atoms with Gasteiger partial charge in [0.1, 0.15) is 10.9 Å². The van der Waals surface area contributed by atoms with Gasteiger partial charge in [0.25, 0.3) is 5.56 Å². The van der Waals surface area contributed by atoms with Crippen LogP contribution in [0.5, 0.6) is 0 Å². The van der Waals surface area contributed by atoms with Gasteiger partial charge in [-0.3, -0.25) is 9.36 Å². The predicted octanol–water partition coefficient (Wildman–Crippen LogP) is 2.11. The molecule has 0 radical (unpaired) electrons. The molecule has 0 bridgehead atoms. The second kappa shape index (κ2) is 4.53. The number of aliphatic carboxylic acids is 1. The summed E-state index contributed by atoms with van der Waals surface area (Å²) in [6.07, 6.45) is 1.69. The Labute approximate surface area is 108 Å². The zero-order valence-corrected chi connectivity index (χ0v) is 11.2. The lowest BCUT2D eigenvalue weighted by Crippen LogP contribution is -2.29. The van der Waals surface area contributed by atoms with Crippen LogP contribution in [0, 0.1) is 13.8 Å². The van der Waals surface area contributed by atoms with Crippen molar-refractivity contribution in [3.63, 3.8) is 0 Å². The molecule has 1 unspecified atom stereocenters. The fourth-order valence-electron chi connectivity index (χ4n) is 1.96. The molecule has 0 saturated carbocycles. The predicted molar refractivity (Wildman–Crippen MR) is 70.3 cm³/mol. The summed E-state index contributed by atoms with van der Waals surface area (Å²) in [5.41, 5.74) is 0.623. The van der Waals surface area contributed by atoms with Crippen LogP contribution in [0.25, 0.3) is 10.2 Å². The number of hydrogen-bond acceptors (Lipinski definition) is 4. The molecule has 0 fully saturated rings. The first kappa shape index (κ1) is 12.8. The fourth-order valence-corrected chi connectivity index (χ4v) is 2.95. The van der Waals surface area contributed by atoms with Crippen LogP contribution in [-0.4, -0.2) is 20.6 Å². The Hall–Kier alpha value is -1.69. The molecule has 2 rings (SSSR count). The van der Waals surface area contributed by atoms with Crippen LogP contribution in [0.4, 0.5) is 0 Å². The molecule has 2 heterocycles. The standard InChI is InChI=1S/C12H14N2O3S/c1-4-8(12(16)17)14-5-13-10-9(11(14)15)6(2)7(3)18-10/h5,8H,4H2,1-3H3,(H,16,17). The van der Waals surface area contributed by atoms with Crippen molar-refractivity contribution < 1.29 is 9.90 Å². The van der Waals surface area contributed by atoms with Gasteiger partial charge < -0.3 is 5.11 Å². The normalized spacial score (nSPS) is 12.8. The minimum absolute atomic E-state index is 0.267. The van der Waals surface area contributed by atoms with E-state index in [-0.39, 0.29) is 5.56 Å². The number of fused-ring (bicyclic) bond motifs is 1. The van der Waals surface area contributed by atoms with Gasteiger partial charge >= 0.3 is 5.97 Å². The minimum atomic E-state index is -1.01. The molecule has 0 saturated heterocycles. The number of nitrogens with zero attached hydrogens (tertiary/aromatic N) is 2. The Balaban J connectivity index is 2.75. The summed E-state index contributed by atoms with van der Waals surface area (Å²) >= 11 is 1.46. The van der Waals surface area contributed by atoms with E-state index in [1.165, 1.54) is 22.2 Å². The summed E-state index contributed by atoms with van der Waals surface area (Å²) in [6, 6.07) is -0.853. The van der Waals surface area contributed by atoms with Gasteiger partial charge in [-0.25, -0.2) is 9.78 Å². The first-order valence-electron chi connectivity index (χ1n) is 5.67. The Morgan fingerprint density at radius 3 is 2.78 bits per heavy atom. The lowest BCUT2D eigenvalue weighted by atomic mass is 10.2. The third-order valence-electron chi connectivity index (χ3n) is 3.12. The summed E-state index contributed by atoms with van der Waals surface area (Å²) in [4.78, 5) is 29.4. The van der Waals surface area contributed by atoms with Gasteiger partial charge in [0.15, 0.2) is 0 Å². The van der Waals surface area contributed by atoms with E-state index in [4.69, 9.17) is 5.11 Å². The molecule has 0 aliphatic heterocycles. The molecule has 1 N–H and O–H groups in total. The fraction of sp³-hybridized carbons (Fsp3) is 0.417. The maximum atomic E-state index is 12.3. The highest BCUT2D eigenvalue weighted by atomic mass is 32.1. The highest BCUT2D eigenvalue weighted by Crippen LogP contribution is 2.26. The number of carboxylic acids is 1. The highest BCUT2D eigenvalue weighted by molar-refractivity contribution is 7.18. The maximum Gasteiger partial charge on any atom is 0.326 e. The van der Waals surface area contributed by atoms with Crippen LogP contribution < -0.4 is 5.56 Å². The van der Waals surface area contributed by atoms with E-state index < -0.39 is 12.0 Å². The number of rotatable bonds is 3. The van der Waals surface area contributed by atoms with E-state index in [1.807, 2.05) is 13.8 Å². The van der Waals surface area contributed by atoms with Crippen molar-refractivity contribution in [3.8, 4) is 0 Å². The second-order valence-corrected chi connectivity index (χ2v) is 5.39. The molecule has 2 aromatic heterocycles. The number of carbonyl (C=O) groups is 1. The van der Waals surface area contributed by atoms with E-state index in [0.29, 0.717) is 16.6 Å². The van der Waals surface area contributed by atoms with Crippen LogP contribution >= 0.6 is 11.3 Å². The van der Waals surface area contributed by atoms with Crippen molar-refractivity contribution in [2.45, 2.75) is 33.2 Å². The molecule has 5 nitrogen and oxygen atoms in total. The van der Waals surface area contributed by atoms with Crippen LogP contribution in [0.15, 0.2) is 11.1 Å².